The zero-order valence-corrected chi connectivity index (χ0v) is 17.3. The summed E-state index contributed by atoms with van der Waals surface area (Å²) in [5.74, 6) is 2.01. The summed E-state index contributed by atoms with van der Waals surface area (Å²) in [6.45, 7) is 0.567. The van der Waals surface area contributed by atoms with Crippen LogP contribution in [0.4, 0.5) is 11.4 Å². The molecule has 2 amide bonds. The lowest BCUT2D eigenvalue weighted by Crippen LogP contribution is -2.14. The summed E-state index contributed by atoms with van der Waals surface area (Å²) in [4.78, 5) is 24.5. The third-order valence-corrected chi connectivity index (χ3v) is 5.30. The van der Waals surface area contributed by atoms with Gasteiger partial charge >= 0.3 is 0 Å². The average molecular weight is 430 g/mol. The third kappa shape index (κ3) is 4.67. The summed E-state index contributed by atoms with van der Waals surface area (Å²) in [6.07, 6.45) is 1.90. The lowest BCUT2D eigenvalue weighted by Gasteiger charge is -2.10. The van der Waals surface area contributed by atoms with E-state index in [0.717, 1.165) is 18.4 Å². The van der Waals surface area contributed by atoms with Crippen molar-refractivity contribution < 1.29 is 23.8 Å². The van der Waals surface area contributed by atoms with E-state index >= 15 is 0 Å². The first-order valence-electron chi connectivity index (χ1n) is 10.5. The topological polar surface area (TPSA) is 85.9 Å². The fourth-order valence-electron chi connectivity index (χ4n) is 3.37. The van der Waals surface area contributed by atoms with Crippen LogP contribution in [0.15, 0.2) is 66.7 Å². The van der Waals surface area contributed by atoms with Gasteiger partial charge in [-0.3, -0.25) is 9.59 Å². The minimum absolute atomic E-state index is 0.0435. The first kappa shape index (κ1) is 19.9. The fourth-order valence-corrected chi connectivity index (χ4v) is 3.37. The van der Waals surface area contributed by atoms with Crippen LogP contribution >= 0.6 is 0 Å². The highest BCUT2D eigenvalue weighted by molar-refractivity contribution is 6.04. The van der Waals surface area contributed by atoms with Gasteiger partial charge in [0.1, 0.15) is 12.4 Å². The number of nitrogens with one attached hydrogen (secondary N) is 2. The monoisotopic (exact) mass is 430 g/mol. The highest BCUT2D eigenvalue weighted by Crippen LogP contribution is 2.35. The molecular formula is C25H22N2O5. The van der Waals surface area contributed by atoms with E-state index in [9.17, 15) is 9.59 Å². The Kier molecular flexibility index (Phi) is 5.37. The van der Waals surface area contributed by atoms with Gasteiger partial charge in [0.25, 0.3) is 5.91 Å². The number of rotatable bonds is 7. The number of ether oxygens (including phenoxy) is 3. The Bertz CT molecular complexity index is 1160. The SMILES string of the molecule is O=C(Nc1cccc(COc2ccc3c(c2)OCO3)c1)c1ccc(NC(=O)C2CC2)cc1. The molecule has 0 saturated heterocycles. The largest absolute Gasteiger partial charge is 0.489 e. The van der Waals surface area contributed by atoms with Crippen LogP contribution in [-0.2, 0) is 11.4 Å². The molecule has 7 nitrogen and oxygen atoms in total. The van der Waals surface area contributed by atoms with Crippen molar-refractivity contribution in [1.82, 2.24) is 0 Å². The second-order valence-corrected chi connectivity index (χ2v) is 7.80. The summed E-state index contributed by atoms with van der Waals surface area (Å²) < 4.78 is 16.5. The molecule has 7 heteroatoms. The molecule has 1 fully saturated rings. The zero-order chi connectivity index (χ0) is 21.9. The van der Waals surface area contributed by atoms with Crippen molar-refractivity contribution >= 4 is 23.2 Å². The molecule has 2 aliphatic rings. The number of fused-ring (bicyclic) bond motifs is 1. The Morgan fingerprint density at radius 3 is 2.50 bits per heavy atom. The smallest absolute Gasteiger partial charge is 0.255 e. The van der Waals surface area contributed by atoms with E-state index in [-0.39, 0.29) is 24.5 Å². The summed E-state index contributed by atoms with van der Waals surface area (Å²) in [5.41, 5.74) is 2.80. The van der Waals surface area contributed by atoms with Crippen molar-refractivity contribution in [3.05, 3.63) is 77.9 Å². The quantitative estimate of drug-likeness (QED) is 0.572. The molecule has 3 aromatic carbocycles. The second-order valence-electron chi connectivity index (χ2n) is 7.80. The van der Waals surface area contributed by atoms with Gasteiger partial charge in [-0.1, -0.05) is 12.1 Å². The number of hydrogen-bond donors (Lipinski definition) is 2. The molecule has 0 atom stereocenters. The van der Waals surface area contributed by atoms with Crippen molar-refractivity contribution in [3.8, 4) is 17.2 Å². The number of anilines is 2. The van der Waals surface area contributed by atoms with Crippen LogP contribution in [0.5, 0.6) is 17.2 Å². The van der Waals surface area contributed by atoms with Crippen molar-refractivity contribution in [1.29, 1.82) is 0 Å². The van der Waals surface area contributed by atoms with E-state index in [4.69, 9.17) is 14.2 Å². The highest BCUT2D eigenvalue weighted by Gasteiger charge is 2.29. The average Bonchev–Trinajstić information content (AvgIpc) is 3.56. The van der Waals surface area contributed by atoms with Crippen LogP contribution in [0.1, 0.15) is 28.8 Å². The second kappa shape index (κ2) is 8.63. The van der Waals surface area contributed by atoms with E-state index in [1.165, 1.54) is 0 Å². The van der Waals surface area contributed by atoms with Crippen LogP contribution in [0.2, 0.25) is 0 Å². The molecule has 3 aromatic rings. The third-order valence-electron chi connectivity index (χ3n) is 5.30. The van der Waals surface area contributed by atoms with Crippen molar-refractivity contribution in [2.75, 3.05) is 17.4 Å². The Labute approximate surface area is 185 Å². The molecule has 1 saturated carbocycles. The first-order valence-corrected chi connectivity index (χ1v) is 10.5. The number of hydrogen-bond acceptors (Lipinski definition) is 5. The maximum Gasteiger partial charge on any atom is 0.255 e. The van der Waals surface area contributed by atoms with Crippen LogP contribution in [0.25, 0.3) is 0 Å². The standard InChI is InChI=1S/C25H22N2O5/c28-24(17-4-5-17)26-19-8-6-18(7-9-19)25(29)27-20-3-1-2-16(12-20)14-30-21-10-11-22-23(13-21)32-15-31-22/h1-3,6-13,17H,4-5,14-15H2,(H,26,28)(H,27,29). The Balaban J connectivity index is 1.18. The van der Waals surface area contributed by atoms with Crippen LogP contribution in [-0.4, -0.2) is 18.6 Å². The lowest BCUT2D eigenvalue weighted by atomic mass is 10.1. The van der Waals surface area contributed by atoms with Gasteiger partial charge in [-0.25, -0.2) is 0 Å². The van der Waals surface area contributed by atoms with E-state index in [2.05, 4.69) is 10.6 Å². The molecule has 1 aliphatic heterocycles. The van der Waals surface area contributed by atoms with Gasteiger partial charge in [0.15, 0.2) is 11.5 Å². The van der Waals surface area contributed by atoms with Crippen molar-refractivity contribution in [3.63, 3.8) is 0 Å². The summed E-state index contributed by atoms with van der Waals surface area (Å²) in [6, 6.07) is 19.8. The molecule has 1 heterocycles. The zero-order valence-electron chi connectivity index (χ0n) is 17.3. The fraction of sp³-hybridized carbons (Fsp3) is 0.200. The Morgan fingerprint density at radius 2 is 1.69 bits per heavy atom. The van der Waals surface area contributed by atoms with Gasteiger partial charge in [-0.05, 0) is 66.9 Å². The molecular weight excluding hydrogens is 408 g/mol. The van der Waals surface area contributed by atoms with Gasteiger partial charge in [0, 0.05) is 28.9 Å². The number of carbonyl (C=O) groups is 2. The number of benzene rings is 3. The summed E-state index contributed by atoms with van der Waals surface area (Å²) >= 11 is 0. The van der Waals surface area contributed by atoms with Crippen LogP contribution in [0, 0.1) is 5.92 Å². The molecule has 32 heavy (non-hydrogen) atoms. The van der Waals surface area contributed by atoms with Gasteiger partial charge in [0.2, 0.25) is 12.7 Å². The maximum absolute atomic E-state index is 12.6. The summed E-state index contributed by atoms with van der Waals surface area (Å²) in [7, 11) is 0. The molecule has 0 radical (unpaired) electrons. The van der Waals surface area contributed by atoms with Crippen molar-refractivity contribution in [2.45, 2.75) is 19.4 Å². The van der Waals surface area contributed by atoms with Crippen LogP contribution in [0.3, 0.4) is 0 Å². The molecule has 1 aliphatic carbocycles. The number of carbonyl (C=O) groups excluding carboxylic acids is 2. The Morgan fingerprint density at radius 1 is 0.875 bits per heavy atom. The van der Waals surface area contributed by atoms with E-state index in [0.29, 0.717) is 40.8 Å². The maximum atomic E-state index is 12.6. The molecule has 0 unspecified atom stereocenters. The summed E-state index contributed by atoms with van der Waals surface area (Å²) in [5, 5.41) is 5.77. The van der Waals surface area contributed by atoms with E-state index < -0.39 is 0 Å². The van der Waals surface area contributed by atoms with Gasteiger partial charge in [0.05, 0.1) is 0 Å². The predicted octanol–water partition coefficient (Wildman–Crippen LogP) is 4.60. The first-order chi connectivity index (χ1) is 15.6. The lowest BCUT2D eigenvalue weighted by molar-refractivity contribution is -0.117. The highest BCUT2D eigenvalue weighted by atomic mass is 16.7. The van der Waals surface area contributed by atoms with Gasteiger partial charge in [-0.2, -0.15) is 0 Å². The molecule has 2 N–H and O–H groups in total. The van der Waals surface area contributed by atoms with Gasteiger partial charge < -0.3 is 24.8 Å². The van der Waals surface area contributed by atoms with E-state index in [1.54, 1.807) is 30.3 Å². The van der Waals surface area contributed by atoms with E-state index in [1.807, 2.05) is 36.4 Å². The number of amides is 2. The molecule has 0 spiro atoms. The normalized spacial score (nSPS) is 14.0. The Hall–Kier alpha value is -4.00. The van der Waals surface area contributed by atoms with Gasteiger partial charge in [-0.15, -0.1) is 0 Å². The molecule has 0 aromatic heterocycles. The molecule has 5 rings (SSSR count). The predicted molar refractivity (Wildman–Crippen MR) is 119 cm³/mol. The van der Waals surface area contributed by atoms with Crippen LogP contribution < -0.4 is 24.8 Å². The minimum atomic E-state index is -0.223. The van der Waals surface area contributed by atoms with Crippen molar-refractivity contribution in [2.24, 2.45) is 5.92 Å². The minimum Gasteiger partial charge on any atom is -0.489 e. The molecule has 0 bridgehead atoms. The molecule has 162 valence electrons.